The van der Waals surface area contributed by atoms with Gasteiger partial charge in [-0.1, -0.05) is 6.07 Å². The van der Waals surface area contributed by atoms with E-state index in [1.54, 1.807) is 19.1 Å². The van der Waals surface area contributed by atoms with E-state index in [1.807, 2.05) is 18.2 Å². The van der Waals surface area contributed by atoms with Gasteiger partial charge >= 0.3 is 6.36 Å². The molecule has 0 unspecified atom stereocenters. The van der Waals surface area contributed by atoms with Crippen molar-refractivity contribution in [2.45, 2.75) is 12.9 Å². The van der Waals surface area contributed by atoms with Crippen LogP contribution in [0.25, 0.3) is 0 Å². The Labute approximate surface area is 172 Å². The first kappa shape index (κ1) is 21.8. The Kier molecular flexibility index (Phi) is 6.71. The number of halogens is 3. The van der Waals surface area contributed by atoms with Gasteiger partial charge in [0.15, 0.2) is 11.5 Å². The van der Waals surface area contributed by atoms with Crippen molar-refractivity contribution >= 4 is 5.91 Å². The quantitative estimate of drug-likeness (QED) is 0.710. The maximum Gasteiger partial charge on any atom is 0.573 e. The van der Waals surface area contributed by atoms with Crippen LogP contribution in [0, 0.1) is 0 Å². The Hall–Kier alpha value is -2.94. The molecule has 6 nitrogen and oxygen atoms in total. The average molecular weight is 424 g/mol. The van der Waals surface area contributed by atoms with E-state index in [9.17, 15) is 18.0 Å². The largest absolute Gasteiger partial charge is 0.573 e. The van der Waals surface area contributed by atoms with E-state index in [-0.39, 0.29) is 11.7 Å². The number of piperazine rings is 1. The second-order valence-electron chi connectivity index (χ2n) is 6.83. The molecule has 2 aromatic carbocycles. The highest BCUT2D eigenvalue weighted by Gasteiger charge is 2.31. The monoisotopic (exact) mass is 424 g/mol. The van der Waals surface area contributed by atoms with E-state index in [1.165, 1.54) is 12.1 Å². The Morgan fingerprint density at radius 2 is 1.57 bits per heavy atom. The first-order valence-electron chi connectivity index (χ1n) is 9.37. The van der Waals surface area contributed by atoms with Gasteiger partial charge in [-0.15, -0.1) is 13.2 Å². The maximum atomic E-state index is 12.6. The number of hydrogen-bond donors (Lipinski definition) is 0. The average Bonchev–Trinajstić information content (AvgIpc) is 2.73. The fourth-order valence-electron chi connectivity index (χ4n) is 3.33. The third-order valence-electron chi connectivity index (χ3n) is 4.85. The number of methoxy groups -OCH3 is 2. The second-order valence-corrected chi connectivity index (χ2v) is 6.83. The zero-order valence-electron chi connectivity index (χ0n) is 16.7. The molecule has 9 heteroatoms. The van der Waals surface area contributed by atoms with Crippen molar-refractivity contribution in [3.05, 3.63) is 53.6 Å². The highest BCUT2D eigenvalue weighted by Crippen LogP contribution is 2.28. The van der Waals surface area contributed by atoms with Crippen molar-refractivity contribution in [1.29, 1.82) is 0 Å². The molecule has 0 aliphatic carbocycles. The first-order chi connectivity index (χ1) is 14.3. The standard InChI is InChI=1S/C21H23F3N2O4/c1-28-18-8-3-15(13-19(18)29-2)14-25-9-11-26(12-10-25)20(27)16-4-6-17(7-5-16)30-21(22,23)24/h3-8,13H,9-12,14H2,1-2H3. The number of alkyl halides is 3. The summed E-state index contributed by atoms with van der Waals surface area (Å²) in [6, 6.07) is 10.8. The van der Waals surface area contributed by atoms with Crippen LogP contribution in [0.4, 0.5) is 13.2 Å². The van der Waals surface area contributed by atoms with Crippen molar-refractivity contribution in [2.75, 3.05) is 40.4 Å². The molecular weight excluding hydrogens is 401 g/mol. The molecule has 0 atom stereocenters. The lowest BCUT2D eigenvalue weighted by molar-refractivity contribution is -0.274. The van der Waals surface area contributed by atoms with Crippen molar-refractivity contribution < 1.29 is 32.2 Å². The van der Waals surface area contributed by atoms with Gasteiger partial charge in [-0.2, -0.15) is 0 Å². The molecule has 1 saturated heterocycles. The van der Waals surface area contributed by atoms with E-state index in [4.69, 9.17) is 9.47 Å². The van der Waals surface area contributed by atoms with Crippen molar-refractivity contribution in [1.82, 2.24) is 9.80 Å². The van der Waals surface area contributed by atoms with E-state index in [0.29, 0.717) is 49.8 Å². The number of benzene rings is 2. The Balaban J connectivity index is 1.54. The molecule has 2 aromatic rings. The van der Waals surface area contributed by atoms with Crippen molar-refractivity contribution in [3.8, 4) is 17.2 Å². The molecule has 0 N–H and O–H groups in total. The molecule has 1 amide bonds. The van der Waals surface area contributed by atoms with Crippen LogP contribution in [0.5, 0.6) is 17.2 Å². The van der Waals surface area contributed by atoms with Gasteiger partial charge in [-0.3, -0.25) is 9.69 Å². The summed E-state index contributed by atoms with van der Waals surface area (Å²) in [6.07, 6.45) is -4.75. The van der Waals surface area contributed by atoms with E-state index >= 15 is 0 Å². The van der Waals surface area contributed by atoms with Gasteiger partial charge in [0, 0.05) is 38.3 Å². The topological polar surface area (TPSA) is 51.2 Å². The Morgan fingerprint density at radius 3 is 2.13 bits per heavy atom. The smallest absolute Gasteiger partial charge is 0.493 e. The zero-order chi connectivity index (χ0) is 21.7. The lowest BCUT2D eigenvalue weighted by atomic mass is 10.1. The minimum Gasteiger partial charge on any atom is -0.493 e. The van der Waals surface area contributed by atoms with Crippen LogP contribution >= 0.6 is 0 Å². The van der Waals surface area contributed by atoms with Crippen LogP contribution in [-0.2, 0) is 6.54 Å². The normalized spacial score (nSPS) is 15.0. The van der Waals surface area contributed by atoms with Crippen LogP contribution in [0.2, 0.25) is 0 Å². The number of carbonyl (C=O) groups is 1. The minimum absolute atomic E-state index is 0.209. The second kappa shape index (κ2) is 9.25. The van der Waals surface area contributed by atoms with Crippen LogP contribution in [0.15, 0.2) is 42.5 Å². The summed E-state index contributed by atoms with van der Waals surface area (Å²) in [5, 5.41) is 0. The zero-order valence-corrected chi connectivity index (χ0v) is 16.7. The molecule has 0 radical (unpaired) electrons. The van der Waals surface area contributed by atoms with E-state index in [2.05, 4.69) is 9.64 Å². The van der Waals surface area contributed by atoms with Crippen LogP contribution in [0.1, 0.15) is 15.9 Å². The van der Waals surface area contributed by atoms with Gasteiger partial charge in [0.05, 0.1) is 14.2 Å². The van der Waals surface area contributed by atoms with Gasteiger partial charge in [-0.05, 0) is 42.0 Å². The molecule has 0 spiro atoms. The van der Waals surface area contributed by atoms with Gasteiger partial charge in [0.25, 0.3) is 5.91 Å². The maximum absolute atomic E-state index is 12.6. The molecule has 162 valence electrons. The molecule has 3 rings (SSSR count). The summed E-state index contributed by atoms with van der Waals surface area (Å²) < 4.78 is 51.2. The number of ether oxygens (including phenoxy) is 3. The molecular formula is C21H23F3N2O4. The molecule has 0 saturated carbocycles. The van der Waals surface area contributed by atoms with Gasteiger partial charge in [-0.25, -0.2) is 0 Å². The van der Waals surface area contributed by atoms with E-state index in [0.717, 1.165) is 17.7 Å². The number of amides is 1. The minimum atomic E-state index is -4.75. The van der Waals surface area contributed by atoms with Crippen molar-refractivity contribution in [3.63, 3.8) is 0 Å². The molecule has 1 aliphatic rings. The molecule has 0 bridgehead atoms. The van der Waals surface area contributed by atoms with Gasteiger partial charge in [0.2, 0.25) is 0 Å². The SMILES string of the molecule is COc1ccc(CN2CCN(C(=O)c3ccc(OC(F)(F)F)cc3)CC2)cc1OC. The fraction of sp³-hybridized carbons (Fsp3) is 0.381. The lowest BCUT2D eigenvalue weighted by Crippen LogP contribution is -2.48. The fourth-order valence-corrected chi connectivity index (χ4v) is 3.33. The summed E-state index contributed by atoms with van der Waals surface area (Å²) in [5.41, 5.74) is 1.41. The lowest BCUT2D eigenvalue weighted by Gasteiger charge is -2.35. The number of hydrogen-bond acceptors (Lipinski definition) is 5. The number of carbonyl (C=O) groups excluding carboxylic acids is 1. The van der Waals surface area contributed by atoms with Gasteiger partial charge in [0.1, 0.15) is 5.75 Å². The summed E-state index contributed by atoms with van der Waals surface area (Å²) in [6.45, 7) is 3.16. The summed E-state index contributed by atoms with van der Waals surface area (Å²) in [7, 11) is 3.18. The summed E-state index contributed by atoms with van der Waals surface area (Å²) in [4.78, 5) is 16.6. The van der Waals surface area contributed by atoms with Crippen LogP contribution in [0.3, 0.4) is 0 Å². The summed E-state index contributed by atoms with van der Waals surface area (Å²) in [5.74, 6) is 0.781. The predicted molar refractivity (Wildman–Crippen MR) is 104 cm³/mol. The third kappa shape index (κ3) is 5.56. The Bertz CT molecular complexity index is 864. The Morgan fingerprint density at radius 1 is 0.933 bits per heavy atom. The van der Waals surface area contributed by atoms with E-state index < -0.39 is 6.36 Å². The first-order valence-corrected chi connectivity index (χ1v) is 9.37. The van der Waals surface area contributed by atoms with Crippen LogP contribution in [-0.4, -0.2) is 62.5 Å². The van der Waals surface area contributed by atoms with Gasteiger partial charge < -0.3 is 19.1 Å². The summed E-state index contributed by atoms with van der Waals surface area (Å²) >= 11 is 0. The molecule has 0 aromatic heterocycles. The molecule has 30 heavy (non-hydrogen) atoms. The number of nitrogens with zero attached hydrogens (tertiary/aromatic N) is 2. The highest BCUT2D eigenvalue weighted by atomic mass is 19.4. The molecule has 1 fully saturated rings. The predicted octanol–water partition coefficient (Wildman–Crippen LogP) is 3.56. The molecule has 1 aliphatic heterocycles. The highest BCUT2D eigenvalue weighted by molar-refractivity contribution is 5.94. The van der Waals surface area contributed by atoms with Crippen LogP contribution < -0.4 is 14.2 Å². The molecule has 1 heterocycles. The van der Waals surface area contributed by atoms with Crippen molar-refractivity contribution in [2.24, 2.45) is 0 Å². The number of rotatable bonds is 6. The third-order valence-corrected chi connectivity index (χ3v) is 4.85.